The maximum absolute atomic E-state index is 11.7. The van der Waals surface area contributed by atoms with Crippen molar-refractivity contribution < 1.29 is 4.79 Å². The van der Waals surface area contributed by atoms with Crippen LogP contribution in [-0.4, -0.2) is 45.0 Å². The maximum atomic E-state index is 11.7. The molecule has 0 aromatic carbocycles. The lowest BCUT2D eigenvalue weighted by Crippen LogP contribution is -2.30. The Balaban J connectivity index is 2.68. The number of amides is 1. The third-order valence-corrected chi connectivity index (χ3v) is 3.60. The largest absolute Gasteiger partial charge is 0.348 e. The van der Waals surface area contributed by atoms with E-state index in [2.05, 4.69) is 17.1 Å². The highest BCUT2D eigenvalue weighted by atomic mass is 32.2. The van der Waals surface area contributed by atoms with E-state index in [9.17, 15) is 4.79 Å². The molecule has 102 valence electrons. The minimum absolute atomic E-state index is 0.0399. The van der Waals surface area contributed by atoms with Crippen molar-refractivity contribution in [3.63, 3.8) is 0 Å². The molecule has 0 aliphatic heterocycles. The van der Waals surface area contributed by atoms with Crippen molar-refractivity contribution in [2.45, 2.75) is 43.5 Å². The SMILES string of the molecule is CCCCc1nnc(S[C@@H](C)C(=O)N(C)C)n1N. The smallest absolute Gasteiger partial charge is 0.235 e. The van der Waals surface area contributed by atoms with E-state index in [0.29, 0.717) is 5.16 Å². The zero-order chi connectivity index (χ0) is 13.7. The van der Waals surface area contributed by atoms with Gasteiger partial charge in [-0.1, -0.05) is 25.1 Å². The van der Waals surface area contributed by atoms with Gasteiger partial charge in [0, 0.05) is 20.5 Å². The molecule has 1 aromatic rings. The van der Waals surface area contributed by atoms with Crippen LogP contribution >= 0.6 is 11.8 Å². The van der Waals surface area contributed by atoms with E-state index >= 15 is 0 Å². The number of nitrogens with zero attached hydrogens (tertiary/aromatic N) is 4. The summed E-state index contributed by atoms with van der Waals surface area (Å²) in [6, 6.07) is 0. The highest BCUT2D eigenvalue weighted by Crippen LogP contribution is 2.22. The number of carbonyl (C=O) groups excluding carboxylic acids is 1. The minimum Gasteiger partial charge on any atom is -0.348 e. The number of nitrogens with two attached hydrogens (primary N) is 1. The Labute approximate surface area is 112 Å². The Kier molecular flexibility index (Phi) is 5.46. The molecule has 1 rings (SSSR count). The van der Waals surface area contributed by atoms with Crippen LogP contribution in [0.4, 0.5) is 0 Å². The lowest BCUT2D eigenvalue weighted by Gasteiger charge is -2.15. The van der Waals surface area contributed by atoms with E-state index in [0.717, 1.165) is 25.1 Å². The fraction of sp³-hybridized carbons (Fsp3) is 0.727. The fourth-order valence-electron chi connectivity index (χ4n) is 1.47. The molecule has 1 amide bonds. The topological polar surface area (TPSA) is 77.0 Å². The maximum Gasteiger partial charge on any atom is 0.235 e. The molecule has 0 bridgehead atoms. The third kappa shape index (κ3) is 3.63. The Morgan fingerprint density at radius 2 is 2.17 bits per heavy atom. The second-order valence-corrected chi connectivity index (χ2v) is 5.67. The predicted octanol–water partition coefficient (Wildman–Crippen LogP) is 0.903. The molecule has 0 radical (unpaired) electrons. The van der Waals surface area contributed by atoms with Crippen molar-refractivity contribution in [2.75, 3.05) is 19.9 Å². The van der Waals surface area contributed by atoms with Gasteiger partial charge in [-0.25, -0.2) is 4.68 Å². The zero-order valence-electron chi connectivity index (χ0n) is 11.4. The summed E-state index contributed by atoms with van der Waals surface area (Å²) in [7, 11) is 3.47. The van der Waals surface area contributed by atoms with Crippen LogP contribution < -0.4 is 5.84 Å². The average Bonchev–Trinajstić information content (AvgIpc) is 2.67. The molecule has 1 aromatic heterocycles. The monoisotopic (exact) mass is 271 g/mol. The van der Waals surface area contributed by atoms with Gasteiger partial charge in [0.2, 0.25) is 11.1 Å². The van der Waals surface area contributed by atoms with Crippen molar-refractivity contribution in [1.82, 2.24) is 19.8 Å². The van der Waals surface area contributed by atoms with Crippen LogP contribution in [0.3, 0.4) is 0 Å². The number of aryl methyl sites for hydroxylation is 1. The molecule has 18 heavy (non-hydrogen) atoms. The van der Waals surface area contributed by atoms with E-state index in [1.54, 1.807) is 19.0 Å². The minimum atomic E-state index is -0.217. The summed E-state index contributed by atoms with van der Waals surface area (Å²) < 4.78 is 1.49. The number of carbonyl (C=O) groups is 1. The fourth-order valence-corrected chi connectivity index (χ4v) is 2.40. The number of nitrogen functional groups attached to an aromatic ring is 1. The molecule has 0 saturated heterocycles. The van der Waals surface area contributed by atoms with E-state index in [1.165, 1.54) is 16.4 Å². The summed E-state index contributed by atoms with van der Waals surface area (Å²) in [6.07, 6.45) is 2.94. The lowest BCUT2D eigenvalue weighted by atomic mass is 10.2. The van der Waals surface area contributed by atoms with Gasteiger partial charge in [0.1, 0.15) is 0 Å². The van der Waals surface area contributed by atoms with Gasteiger partial charge in [-0.05, 0) is 13.3 Å². The van der Waals surface area contributed by atoms with Gasteiger partial charge in [-0.3, -0.25) is 4.79 Å². The van der Waals surface area contributed by atoms with E-state index < -0.39 is 0 Å². The molecule has 1 atom stereocenters. The summed E-state index contributed by atoms with van der Waals surface area (Å²) in [5.74, 6) is 6.72. The van der Waals surface area contributed by atoms with Crippen LogP contribution in [0, 0.1) is 0 Å². The quantitative estimate of drug-likeness (QED) is 0.614. The van der Waals surface area contributed by atoms with Gasteiger partial charge >= 0.3 is 0 Å². The summed E-state index contributed by atoms with van der Waals surface area (Å²) >= 11 is 1.33. The molecule has 7 heteroatoms. The highest BCUT2D eigenvalue weighted by Gasteiger charge is 2.20. The number of hydrogen-bond acceptors (Lipinski definition) is 5. The molecule has 0 aliphatic rings. The Bertz CT molecular complexity index is 404. The molecular weight excluding hydrogens is 250 g/mol. The van der Waals surface area contributed by atoms with Crippen molar-refractivity contribution in [3.8, 4) is 0 Å². The highest BCUT2D eigenvalue weighted by molar-refractivity contribution is 8.00. The van der Waals surface area contributed by atoms with Crippen molar-refractivity contribution in [2.24, 2.45) is 0 Å². The molecule has 2 N–H and O–H groups in total. The van der Waals surface area contributed by atoms with Crippen LogP contribution in [0.5, 0.6) is 0 Å². The number of aromatic nitrogens is 3. The van der Waals surface area contributed by atoms with Gasteiger partial charge < -0.3 is 10.7 Å². The molecular formula is C11H21N5OS. The van der Waals surface area contributed by atoms with E-state index in [1.807, 2.05) is 6.92 Å². The van der Waals surface area contributed by atoms with Crippen LogP contribution in [0.25, 0.3) is 0 Å². The van der Waals surface area contributed by atoms with Gasteiger partial charge in [0.15, 0.2) is 5.82 Å². The first kappa shape index (κ1) is 14.8. The Morgan fingerprint density at radius 3 is 2.72 bits per heavy atom. The molecule has 6 nitrogen and oxygen atoms in total. The second kappa shape index (κ2) is 6.63. The number of thioether (sulfide) groups is 1. The average molecular weight is 271 g/mol. The number of unbranched alkanes of at least 4 members (excludes halogenated alkanes) is 1. The van der Waals surface area contributed by atoms with E-state index in [-0.39, 0.29) is 11.2 Å². The Hall–Kier alpha value is -1.24. The first-order chi connectivity index (χ1) is 8.47. The third-order valence-electron chi connectivity index (χ3n) is 2.56. The zero-order valence-corrected chi connectivity index (χ0v) is 12.2. The van der Waals surface area contributed by atoms with Crippen LogP contribution in [0.2, 0.25) is 0 Å². The first-order valence-electron chi connectivity index (χ1n) is 6.04. The molecule has 0 saturated carbocycles. The van der Waals surface area contributed by atoms with Gasteiger partial charge in [-0.15, -0.1) is 10.2 Å². The molecule has 0 fully saturated rings. The van der Waals surface area contributed by atoms with Crippen molar-refractivity contribution in [1.29, 1.82) is 0 Å². The van der Waals surface area contributed by atoms with Crippen LogP contribution in [-0.2, 0) is 11.2 Å². The number of hydrogen-bond donors (Lipinski definition) is 1. The van der Waals surface area contributed by atoms with Crippen LogP contribution in [0.1, 0.15) is 32.5 Å². The van der Waals surface area contributed by atoms with Crippen molar-refractivity contribution in [3.05, 3.63) is 5.82 Å². The van der Waals surface area contributed by atoms with E-state index in [4.69, 9.17) is 5.84 Å². The molecule has 0 aliphatic carbocycles. The van der Waals surface area contributed by atoms with Crippen LogP contribution in [0.15, 0.2) is 5.16 Å². The van der Waals surface area contributed by atoms with Crippen molar-refractivity contribution >= 4 is 17.7 Å². The number of rotatable bonds is 6. The summed E-state index contributed by atoms with van der Waals surface area (Å²) in [4.78, 5) is 13.3. The summed E-state index contributed by atoms with van der Waals surface area (Å²) in [5, 5.41) is 8.45. The molecule has 1 heterocycles. The molecule has 0 spiro atoms. The first-order valence-corrected chi connectivity index (χ1v) is 6.92. The van der Waals surface area contributed by atoms with Gasteiger partial charge in [0.25, 0.3) is 0 Å². The predicted molar refractivity (Wildman–Crippen MR) is 72.8 cm³/mol. The van der Waals surface area contributed by atoms with Gasteiger partial charge in [0.05, 0.1) is 5.25 Å². The molecule has 0 unspecified atom stereocenters. The summed E-state index contributed by atoms with van der Waals surface area (Å²) in [5.41, 5.74) is 0. The second-order valence-electron chi connectivity index (χ2n) is 4.37. The standard InChI is InChI=1S/C11H21N5OS/c1-5-6-7-9-13-14-11(16(9)12)18-8(2)10(17)15(3)4/h8H,5-7,12H2,1-4H3/t8-/m0/s1. The van der Waals surface area contributed by atoms with Gasteiger partial charge in [-0.2, -0.15) is 0 Å². The lowest BCUT2D eigenvalue weighted by molar-refractivity contribution is -0.127. The Morgan fingerprint density at radius 1 is 1.50 bits per heavy atom. The summed E-state index contributed by atoms with van der Waals surface area (Å²) in [6.45, 7) is 3.96. The normalized spacial score (nSPS) is 12.4.